The Hall–Kier alpha value is -2.45. The van der Waals surface area contributed by atoms with Crippen LogP contribution in [0, 0.1) is 11.8 Å². The highest BCUT2D eigenvalue weighted by Crippen LogP contribution is 2.53. The van der Waals surface area contributed by atoms with Gasteiger partial charge in [-0.2, -0.15) is 8.78 Å². The van der Waals surface area contributed by atoms with E-state index in [0.717, 1.165) is 57.3 Å². The lowest BCUT2D eigenvalue weighted by Crippen LogP contribution is -2.54. The fourth-order valence-electron chi connectivity index (χ4n) is 5.11. The molecule has 1 atom stereocenters. The van der Waals surface area contributed by atoms with Crippen molar-refractivity contribution >= 4 is 54.7 Å². The highest BCUT2D eigenvalue weighted by atomic mass is 32.1. The average Bonchev–Trinajstić information content (AvgIpc) is 3.77. The third kappa shape index (κ3) is 15.5. The van der Waals surface area contributed by atoms with Gasteiger partial charge in [0, 0.05) is 49.9 Å². The number of unbranched alkanes of at least 4 members (excludes halogenated alkanes) is 1. The van der Waals surface area contributed by atoms with Crippen molar-refractivity contribution in [3.63, 3.8) is 0 Å². The van der Waals surface area contributed by atoms with Gasteiger partial charge in [-0.15, -0.1) is 11.3 Å². The number of nitrogens with zero attached hydrogens (tertiary/aromatic N) is 3. The lowest BCUT2D eigenvalue weighted by molar-refractivity contribution is -0.144. The van der Waals surface area contributed by atoms with Gasteiger partial charge in [0.15, 0.2) is 0 Å². The molecular weight excluding hydrogens is 677 g/mol. The maximum Gasteiger partial charge on any atom is 0.339 e. The SMILES string of the molecule is C=O.CC[C@H](C)CCCC=O.CN1CC(C(=O)N2CCOCC2)C1.CN1CCCC1.CNC(=O)c1cc2cc(C(F)(F)P(O)O)ccc2s1. The number of hydrogen-bond acceptors (Lipinski definition) is 10. The number of carbonyl (C=O) groups excluding carboxylic acids is 4. The Bertz CT molecular complexity index is 1250. The van der Waals surface area contributed by atoms with E-state index in [-0.39, 0.29) is 11.8 Å². The zero-order valence-corrected chi connectivity index (χ0v) is 31.2. The lowest BCUT2D eigenvalue weighted by Gasteiger charge is -2.39. The van der Waals surface area contributed by atoms with Crippen LogP contribution in [-0.2, 0) is 24.8 Å². The monoisotopic (exact) mass is 732 g/mol. The fourth-order valence-corrected chi connectivity index (χ4v) is 6.47. The fraction of sp³-hybridized carbons (Fsp3) is 0.647. The van der Waals surface area contributed by atoms with Gasteiger partial charge in [-0.3, -0.25) is 9.59 Å². The largest absolute Gasteiger partial charge is 0.378 e. The van der Waals surface area contributed by atoms with Gasteiger partial charge in [0.25, 0.3) is 5.91 Å². The molecule has 3 fully saturated rings. The topological polar surface area (TPSA) is 140 Å². The second-order valence-electron chi connectivity index (χ2n) is 12.3. The Morgan fingerprint density at radius 1 is 1.10 bits per heavy atom. The molecule has 3 N–H and O–H groups in total. The molecule has 4 heterocycles. The van der Waals surface area contributed by atoms with Crippen LogP contribution in [0.15, 0.2) is 24.3 Å². The number of hydrogen-bond donors (Lipinski definition) is 3. The Kier molecular flexibility index (Phi) is 21.7. The van der Waals surface area contributed by atoms with Crippen LogP contribution in [0.4, 0.5) is 8.78 Å². The number of morpholine rings is 1. The smallest absolute Gasteiger partial charge is 0.339 e. The van der Waals surface area contributed by atoms with Crippen LogP contribution in [0.3, 0.4) is 0 Å². The Balaban J connectivity index is 0.000000347. The van der Waals surface area contributed by atoms with Crippen molar-refractivity contribution < 1.29 is 42.5 Å². The lowest BCUT2D eigenvalue weighted by atomic mass is 9.99. The second-order valence-corrected chi connectivity index (χ2v) is 14.5. The molecule has 3 aliphatic heterocycles. The molecule has 0 unspecified atom stereocenters. The highest BCUT2D eigenvalue weighted by molar-refractivity contribution is 7.46. The summed E-state index contributed by atoms with van der Waals surface area (Å²) in [6.45, 7) is 13.9. The minimum absolute atomic E-state index is 0.253. The van der Waals surface area contributed by atoms with E-state index in [0.29, 0.717) is 34.1 Å². The molecule has 0 radical (unpaired) electrons. The van der Waals surface area contributed by atoms with Gasteiger partial charge in [0.05, 0.1) is 24.0 Å². The number of nitrogens with one attached hydrogen (secondary N) is 1. The first-order valence-electron chi connectivity index (χ1n) is 16.6. The minimum Gasteiger partial charge on any atom is -0.378 e. The van der Waals surface area contributed by atoms with Crippen LogP contribution in [0.1, 0.15) is 67.6 Å². The number of rotatable bonds is 9. The van der Waals surface area contributed by atoms with Gasteiger partial charge in [-0.05, 0) is 76.0 Å². The average molecular weight is 733 g/mol. The molecule has 0 bridgehead atoms. The van der Waals surface area contributed by atoms with Crippen molar-refractivity contribution in [3.8, 4) is 0 Å². The number of amides is 2. The number of fused-ring (bicyclic) bond motifs is 1. The highest BCUT2D eigenvalue weighted by Gasteiger charge is 2.41. The van der Waals surface area contributed by atoms with Crippen LogP contribution in [-0.4, -0.2) is 123 Å². The van der Waals surface area contributed by atoms with Gasteiger partial charge >= 0.3 is 5.66 Å². The number of benzene rings is 1. The maximum atomic E-state index is 13.5. The van der Waals surface area contributed by atoms with E-state index < -0.39 is 19.6 Å². The number of carbonyl (C=O) groups is 4. The van der Waals surface area contributed by atoms with Crippen LogP contribution in [0.2, 0.25) is 0 Å². The molecule has 3 aliphatic rings. The zero-order chi connectivity index (χ0) is 37.0. The van der Waals surface area contributed by atoms with E-state index >= 15 is 0 Å². The maximum absolute atomic E-state index is 13.5. The summed E-state index contributed by atoms with van der Waals surface area (Å²) in [5, 5.41) is 2.92. The van der Waals surface area contributed by atoms with Crippen molar-refractivity contribution in [1.29, 1.82) is 0 Å². The summed E-state index contributed by atoms with van der Waals surface area (Å²) in [4.78, 5) is 65.5. The van der Waals surface area contributed by atoms with Gasteiger partial charge in [-0.1, -0.05) is 32.8 Å². The summed E-state index contributed by atoms with van der Waals surface area (Å²) in [5.74, 6) is 1.08. The molecule has 1 aromatic heterocycles. The standard InChI is InChI=1S/C11H10F2NO3PS.C9H16N2O2.C8H16O.C5H11N.CH2O/c1-14-10(15)9-5-6-4-7(2-3-8(6)19-9)11(12,13)18(16)17;1-10-6-8(7-10)9(12)11-2-4-13-5-3-11;1-3-8(2)6-4-5-7-9;1-6-4-2-3-5-6;1-2/h2-5,16-17H,1H3,(H,14,15);8H,2-7H2,1H3;7-8H,3-6H2,1-2H3;2-5H2,1H3;1H2/t;;8-;;/m..0../s1. The summed E-state index contributed by atoms with van der Waals surface area (Å²) < 4.78 is 32.9. The van der Waals surface area contributed by atoms with Crippen molar-refractivity contribution in [2.45, 2.75) is 58.0 Å². The first kappa shape index (κ1) is 44.6. The van der Waals surface area contributed by atoms with Gasteiger partial charge in [-0.25, -0.2) is 0 Å². The molecule has 278 valence electrons. The van der Waals surface area contributed by atoms with Crippen molar-refractivity contribution in [2.24, 2.45) is 11.8 Å². The van der Waals surface area contributed by atoms with Crippen molar-refractivity contribution in [1.82, 2.24) is 20.0 Å². The third-order valence-electron chi connectivity index (χ3n) is 8.35. The first-order valence-corrected chi connectivity index (χ1v) is 18.7. The number of halogens is 2. The molecule has 2 amide bonds. The summed E-state index contributed by atoms with van der Waals surface area (Å²) in [7, 11) is 2.31. The van der Waals surface area contributed by atoms with Crippen molar-refractivity contribution in [2.75, 3.05) is 73.6 Å². The number of thiophene rings is 1. The number of ether oxygens (including phenoxy) is 1. The van der Waals surface area contributed by atoms with Crippen molar-refractivity contribution in [3.05, 3.63) is 34.7 Å². The first-order chi connectivity index (χ1) is 23.3. The molecule has 0 saturated carbocycles. The molecule has 1 aromatic carbocycles. The molecule has 49 heavy (non-hydrogen) atoms. The number of aldehydes is 1. The van der Waals surface area contributed by atoms with Gasteiger partial charge < -0.3 is 44.1 Å². The van der Waals surface area contributed by atoms with Crippen LogP contribution >= 0.6 is 19.7 Å². The molecule has 11 nitrogen and oxygen atoms in total. The summed E-state index contributed by atoms with van der Waals surface area (Å²) in [5.41, 5.74) is -4.16. The quantitative estimate of drug-likeness (QED) is 0.186. The Morgan fingerprint density at radius 2 is 1.71 bits per heavy atom. The predicted octanol–water partition coefficient (Wildman–Crippen LogP) is 4.94. The molecule has 5 rings (SSSR count). The van der Waals surface area contributed by atoms with Gasteiger partial charge in [0.2, 0.25) is 14.3 Å². The van der Waals surface area contributed by atoms with E-state index in [1.807, 2.05) is 18.7 Å². The van der Waals surface area contributed by atoms with Gasteiger partial charge in [0.1, 0.15) is 13.1 Å². The van der Waals surface area contributed by atoms with E-state index in [9.17, 15) is 23.2 Å². The van der Waals surface area contributed by atoms with Crippen LogP contribution < -0.4 is 5.32 Å². The number of alkyl halides is 2. The van der Waals surface area contributed by atoms with E-state index in [1.165, 1.54) is 75.4 Å². The second kappa shape index (κ2) is 23.9. The molecule has 0 aliphatic carbocycles. The third-order valence-corrected chi connectivity index (χ3v) is 10.2. The number of likely N-dealkylation sites (tertiary alicyclic amines) is 2. The molecule has 3 saturated heterocycles. The zero-order valence-electron chi connectivity index (χ0n) is 29.5. The minimum atomic E-state index is -3.68. The molecule has 0 spiro atoms. The Morgan fingerprint density at radius 3 is 2.18 bits per heavy atom. The molecular formula is C34H55F2N4O7PS. The normalized spacial score (nSPS) is 17.1. The summed E-state index contributed by atoms with van der Waals surface area (Å²) in [6.07, 6.45) is 8.08. The molecule has 15 heteroatoms. The summed E-state index contributed by atoms with van der Waals surface area (Å²) in [6, 6.07) is 5.23. The van der Waals surface area contributed by atoms with E-state index in [1.54, 1.807) is 0 Å². The molecule has 2 aromatic rings. The van der Waals surface area contributed by atoms with E-state index in [4.69, 9.17) is 19.3 Å². The Labute approximate surface area is 294 Å². The van der Waals surface area contributed by atoms with Crippen LogP contribution in [0.5, 0.6) is 0 Å². The predicted molar refractivity (Wildman–Crippen MR) is 192 cm³/mol. The van der Waals surface area contributed by atoms with Crippen LogP contribution in [0.25, 0.3) is 10.1 Å². The summed E-state index contributed by atoms with van der Waals surface area (Å²) >= 11 is 1.18. The van der Waals surface area contributed by atoms with E-state index in [2.05, 4.69) is 36.0 Å².